The molecule has 0 saturated carbocycles. The number of hydrogen-bond acceptors (Lipinski definition) is 4. The van der Waals surface area contributed by atoms with E-state index < -0.39 is 11.5 Å². The lowest BCUT2D eigenvalue weighted by Gasteiger charge is -2.04. The predicted octanol–water partition coefficient (Wildman–Crippen LogP) is 0.862. The van der Waals surface area contributed by atoms with Crippen LogP contribution < -0.4 is 5.56 Å². The van der Waals surface area contributed by atoms with Crippen molar-refractivity contribution in [3.8, 4) is 5.75 Å². The average Bonchev–Trinajstić information content (AvgIpc) is 2.15. The third-order valence-corrected chi connectivity index (χ3v) is 2.51. The van der Waals surface area contributed by atoms with E-state index in [1.165, 1.54) is 0 Å². The zero-order valence-electron chi connectivity index (χ0n) is 7.33. The van der Waals surface area contributed by atoms with E-state index >= 15 is 0 Å². The highest BCUT2D eigenvalue weighted by atomic mass is 127. The average molecular weight is 309 g/mol. The second-order valence-electron chi connectivity index (χ2n) is 2.41. The minimum Gasteiger partial charge on any atom is -0.506 e. The normalized spacial score (nSPS) is 9.86. The molecule has 1 aromatic rings. The van der Waals surface area contributed by atoms with E-state index in [-0.39, 0.29) is 21.5 Å². The van der Waals surface area contributed by atoms with Crippen LogP contribution in [0.15, 0.2) is 11.0 Å². The summed E-state index contributed by atoms with van der Waals surface area (Å²) in [7, 11) is 0. The second-order valence-corrected chi connectivity index (χ2v) is 3.49. The summed E-state index contributed by atoms with van der Waals surface area (Å²) in [6, 6.07) is 0. The standard InChI is InChI=1S/C8H8INO4/c1-2-14-8(13)4-3-10-7(12)5(9)6(4)11/h3H,2H2,1H3,(H2,10,11,12). The van der Waals surface area contributed by atoms with Crippen LogP contribution in [0, 0.1) is 3.57 Å². The molecule has 5 nitrogen and oxygen atoms in total. The predicted molar refractivity (Wildman–Crippen MR) is 57.4 cm³/mol. The largest absolute Gasteiger partial charge is 0.506 e. The Morgan fingerprint density at radius 3 is 2.93 bits per heavy atom. The van der Waals surface area contributed by atoms with Crippen LogP contribution in [-0.2, 0) is 4.74 Å². The van der Waals surface area contributed by atoms with E-state index in [2.05, 4.69) is 9.72 Å². The Morgan fingerprint density at radius 1 is 1.71 bits per heavy atom. The minimum absolute atomic E-state index is 0.0316. The van der Waals surface area contributed by atoms with Gasteiger partial charge >= 0.3 is 5.97 Å². The van der Waals surface area contributed by atoms with Crippen molar-refractivity contribution in [1.29, 1.82) is 0 Å². The summed E-state index contributed by atoms with van der Waals surface area (Å²) >= 11 is 1.65. The molecule has 76 valence electrons. The summed E-state index contributed by atoms with van der Waals surface area (Å²) in [5.74, 6) is -0.994. The molecule has 1 rings (SSSR count). The van der Waals surface area contributed by atoms with Crippen molar-refractivity contribution < 1.29 is 14.6 Å². The molecular weight excluding hydrogens is 301 g/mol. The summed E-state index contributed by atoms with van der Waals surface area (Å²) in [4.78, 5) is 24.5. The summed E-state index contributed by atoms with van der Waals surface area (Å²) in [5, 5.41) is 9.45. The highest BCUT2D eigenvalue weighted by molar-refractivity contribution is 14.1. The molecule has 0 saturated heterocycles. The second kappa shape index (κ2) is 4.45. The van der Waals surface area contributed by atoms with Gasteiger partial charge in [-0.25, -0.2) is 4.79 Å². The minimum atomic E-state index is -0.654. The van der Waals surface area contributed by atoms with E-state index in [4.69, 9.17) is 0 Å². The van der Waals surface area contributed by atoms with Gasteiger partial charge in [-0.3, -0.25) is 4.79 Å². The maximum absolute atomic E-state index is 11.2. The molecule has 2 N–H and O–H groups in total. The first-order chi connectivity index (χ1) is 6.57. The van der Waals surface area contributed by atoms with Gasteiger partial charge in [-0.2, -0.15) is 0 Å². The number of aromatic hydroxyl groups is 1. The van der Waals surface area contributed by atoms with E-state index in [0.717, 1.165) is 6.20 Å². The van der Waals surface area contributed by atoms with Crippen molar-refractivity contribution in [1.82, 2.24) is 4.98 Å². The van der Waals surface area contributed by atoms with Gasteiger partial charge in [0.15, 0.2) is 5.75 Å². The molecule has 0 aliphatic rings. The van der Waals surface area contributed by atoms with Gasteiger partial charge in [0.05, 0.1) is 6.61 Å². The molecule has 0 bridgehead atoms. The first-order valence-electron chi connectivity index (χ1n) is 3.85. The molecule has 14 heavy (non-hydrogen) atoms. The molecule has 0 aromatic carbocycles. The molecular formula is C8H8INO4. The number of pyridine rings is 1. The number of carbonyl (C=O) groups is 1. The zero-order chi connectivity index (χ0) is 10.7. The van der Waals surface area contributed by atoms with Crippen LogP contribution >= 0.6 is 22.6 Å². The van der Waals surface area contributed by atoms with Gasteiger partial charge in [-0.15, -0.1) is 0 Å². The van der Waals surface area contributed by atoms with Crippen LogP contribution in [0.25, 0.3) is 0 Å². The summed E-state index contributed by atoms with van der Waals surface area (Å²) in [6.45, 7) is 1.87. The number of H-pyrrole nitrogens is 1. The molecule has 0 fully saturated rings. The monoisotopic (exact) mass is 309 g/mol. The van der Waals surface area contributed by atoms with Crippen molar-refractivity contribution in [2.75, 3.05) is 6.61 Å². The maximum Gasteiger partial charge on any atom is 0.343 e. The zero-order valence-corrected chi connectivity index (χ0v) is 9.49. The molecule has 0 aliphatic heterocycles. The fraction of sp³-hybridized carbons (Fsp3) is 0.250. The number of esters is 1. The maximum atomic E-state index is 11.2. The Kier molecular flexibility index (Phi) is 3.50. The van der Waals surface area contributed by atoms with Gasteiger partial charge in [0.25, 0.3) is 5.56 Å². The smallest absolute Gasteiger partial charge is 0.343 e. The molecule has 0 radical (unpaired) electrons. The van der Waals surface area contributed by atoms with Crippen molar-refractivity contribution in [2.45, 2.75) is 6.92 Å². The number of ether oxygens (including phenoxy) is 1. The molecule has 0 aliphatic carbocycles. The summed E-state index contributed by atoms with van der Waals surface area (Å²) in [6.07, 6.45) is 1.14. The number of nitrogens with one attached hydrogen (secondary N) is 1. The van der Waals surface area contributed by atoms with E-state index in [0.29, 0.717) is 0 Å². The van der Waals surface area contributed by atoms with Crippen LogP contribution in [0.3, 0.4) is 0 Å². The Hall–Kier alpha value is -1.05. The van der Waals surface area contributed by atoms with Crippen LogP contribution in [0.4, 0.5) is 0 Å². The van der Waals surface area contributed by atoms with Crippen LogP contribution in [0.1, 0.15) is 17.3 Å². The third-order valence-electron chi connectivity index (χ3n) is 1.51. The number of aromatic nitrogens is 1. The molecule has 0 amide bonds. The third kappa shape index (κ3) is 2.06. The van der Waals surface area contributed by atoms with Crippen molar-refractivity contribution in [2.24, 2.45) is 0 Å². The molecule has 0 atom stereocenters. The fourth-order valence-corrected chi connectivity index (χ4v) is 1.31. The SMILES string of the molecule is CCOC(=O)c1c[nH]c(=O)c(I)c1O. The molecule has 6 heteroatoms. The van der Waals surface area contributed by atoms with Crippen LogP contribution in [0.2, 0.25) is 0 Å². The molecule has 0 unspecified atom stereocenters. The van der Waals surface area contributed by atoms with Crippen molar-refractivity contribution >= 4 is 28.6 Å². The van der Waals surface area contributed by atoms with Gasteiger partial charge in [0.2, 0.25) is 0 Å². The van der Waals surface area contributed by atoms with E-state index in [1.807, 2.05) is 0 Å². The first kappa shape index (κ1) is 11.0. The number of rotatable bonds is 2. The first-order valence-corrected chi connectivity index (χ1v) is 4.93. The summed E-state index contributed by atoms with van der Waals surface area (Å²) in [5.41, 5.74) is -0.466. The lowest BCUT2D eigenvalue weighted by molar-refractivity contribution is 0.0522. The number of carbonyl (C=O) groups excluding carboxylic acids is 1. The Bertz CT molecular complexity index is 412. The lowest BCUT2D eigenvalue weighted by Crippen LogP contribution is -2.14. The van der Waals surface area contributed by atoms with E-state index in [9.17, 15) is 14.7 Å². The molecule has 1 heterocycles. The van der Waals surface area contributed by atoms with Crippen LogP contribution in [-0.4, -0.2) is 22.7 Å². The number of hydrogen-bond donors (Lipinski definition) is 2. The van der Waals surface area contributed by atoms with Gasteiger partial charge in [-0.1, -0.05) is 0 Å². The highest BCUT2D eigenvalue weighted by Crippen LogP contribution is 2.20. The van der Waals surface area contributed by atoms with Crippen molar-refractivity contribution in [3.05, 3.63) is 25.7 Å². The quantitative estimate of drug-likeness (QED) is 0.627. The fourth-order valence-electron chi connectivity index (χ4n) is 0.860. The van der Waals surface area contributed by atoms with Crippen molar-refractivity contribution in [3.63, 3.8) is 0 Å². The Morgan fingerprint density at radius 2 is 2.36 bits per heavy atom. The van der Waals surface area contributed by atoms with Gasteiger partial charge in [0, 0.05) is 6.20 Å². The summed E-state index contributed by atoms with van der Waals surface area (Å²) < 4.78 is 4.76. The number of aromatic amines is 1. The van der Waals surface area contributed by atoms with Crippen LogP contribution in [0.5, 0.6) is 5.75 Å². The highest BCUT2D eigenvalue weighted by Gasteiger charge is 2.16. The lowest BCUT2D eigenvalue weighted by atomic mass is 10.2. The topological polar surface area (TPSA) is 79.4 Å². The molecule has 1 aromatic heterocycles. The van der Waals surface area contributed by atoms with E-state index in [1.54, 1.807) is 29.5 Å². The Balaban J connectivity index is 3.18. The van der Waals surface area contributed by atoms with Gasteiger partial charge in [0.1, 0.15) is 9.13 Å². The number of halogens is 1. The Labute approximate surface area is 93.2 Å². The van der Waals surface area contributed by atoms with Gasteiger partial charge < -0.3 is 14.8 Å². The molecule has 0 spiro atoms. The van der Waals surface area contributed by atoms with Gasteiger partial charge in [-0.05, 0) is 29.5 Å².